The van der Waals surface area contributed by atoms with E-state index in [0.29, 0.717) is 18.3 Å². The van der Waals surface area contributed by atoms with Crippen LogP contribution in [0.25, 0.3) is 0 Å². The van der Waals surface area contributed by atoms with Crippen LogP contribution in [0.1, 0.15) is 30.3 Å². The van der Waals surface area contributed by atoms with Gasteiger partial charge in [-0.15, -0.1) is 0 Å². The lowest BCUT2D eigenvalue weighted by Gasteiger charge is -2.13. The number of pyridine rings is 1. The molecule has 17 heavy (non-hydrogen) atoms. The Hall–Kier alpha value is -1.84. The summed E-state index contributed by atoms with van der Waals surface area (Å²) in [6.07, 6.45) is 8.08. The summed E-state index contributed by atoms with van der Waals surface area (Å²) in [7, 11) is 0. The molecule has 0 fully saturated rings. The third-order valence-corrected chi connectivity index (χ3v) is 2.71. The predicted molar refractivity (Wildman–Crippen MR) is 68.0 cm³/mol. The molecule has 0 aliphatic heterocycles. The van der Waals surface area contributed by atoms with Gasteiger partial charge in [-0.1, -0.05) is 12.2 Å². The Balaban J connectivity index is 2.03. The van der Waals surface area contributed by atoms with E-state index in [4.69, 9.17) is 0 Å². The molecule has 1 aliphatic carbocycles. The minimum atomic E-state index is -0.124. The Bertz CT molecular complexity index is 420. The number of anilines is 1. The fraction of sp³-hybridized carbons (Fsp3) is 0.385. The lowest BCUT2D eigenvalue weighted by atomic mass is 10.2. The molecule has 0 unspecified atom stereocenters. The van der Waals surface area contributed by atoms with Crippen molar-refractivity contribution < 1.29 is 4.79 Å². The van der Waals surface area contributed by atoms with Crippen molar-refractivity contribution in [3.63, 3.8) is 0 Å². The number of rotatable bonds is 4. The Morgan fingerprint density at radius 3 is 2.94 bits per heavy atom. The number of carbonyl (C=O) groups is 1. The van der Waals surface area contributed by atoms with E-state index >= 15 is 0 Å². The van der Waals surface area contributed by atoms with Gasteiger partial charge in [-0.05, 0) is 31.9 Å². The standard InChI is InChI=1S/C13H17N3O/c1-2-14-13(17)12-9-11(7-8-15-12)16-10-5-3-4-6-10/h3-4,7-10H,2,5-6H2,1H3,(H,14,17)(H,15,16). The summed E-state index contributed by atoms with van der Waals surface area (Å²) >= 11 is 0. The third-order valence-electron chi connectivity index (χ3n) is 2.71. The van der Waals surface area contributed by atoms with Crippen molar-refractivity contribution in [2.24, 2.45) is 0 Å². The van der Waals surface area contributed by atoms with Gasteiger partial charge in [0.05, 0.1) is 0 Å². The average molecular weight is 231 g/mol. The molecule has 2 N–H and O–H groups in total. The first kappa shape index (κ1) is 11.6. The van der Waals surface area contributed by atoms with Crippen LogP contribution in [0.4, 0.5) is 5.69 Å². The number of aromatic nitrogens is 1. The molecule has 0 aromatic carbocycles. The quantitative estimate of drug-likeness (QED) is 0.779. The first-order chi connectivity index (χ1) is 8.29. The van der Waals surface area contributed by atoms with E-state index < -0.39 is 0 Å². The maximum absolute atomic E-state index is 11.6. The largest absolute Gasteiger partial charge is 0.382 e. The Labute approximate surface area is 101 Å². The van der Waals surface area contributed by atoms with Gasteiger partial charge in [0, 0.05) is 24.5 Å². The molecular weight excluding hydrogens is 214 g/mol. The zero-order valence-electron chi connectivity index (χ0n) is 9.94. The average Bonchev–Trinajstić information content (AvgIpc) is 2.82. The summed E-state index contributed by atoms with van der Waals surface area (Å²) in [6.45, 7) is 2.51. The number of hydrogen-bond donors (Lipinski definition) is 2. The highest BCUT2D eigenvalue weighted by molar-refractivity contribution is 5.93. The van der Waals surface area contributed by atoms with Gasteiger partial charge in [-0.2, -0.15) is 0 Å². The van der Waals surface area contributed by atoms with Crippen LogP contribution >= 0.6 is 0 Å². The molecular formula is C13H17N3O. The Morgan fingerprint density at radius 1 is 1.47 bits per heavy atom. The second kappa shape index (κ2) is 5.48. The van der Waals surface area contributed by atoms with Crippen LogP contribution in [0.15, 0.2) is 30.5 Å². The summed E-state index contributed by atoms with van der Waals surface area (Å²) < 4.78 is 0. The van der Waals surface area contributed by atoms with Crippen LogP contribution in [0.2, 0.25) is 0 Å². The summed E-state index contributed by atoms with van der Waals surface area (Å²) in [5, 5.41) is 6.14. The van der Waals surface area contributed by atoms with Gasteiger partial charge >= 0.3 is 0 Å². The number of hydrogen-bond acceptors (Lipinski definition) is 3. The van der Waals surface area contributed by atoms with Gasteiger partial charge in [0.25, 0.3) is 5.91 Å². The van der Waals surface area contributed by atoms with Crippen LogP contribution in [0, 0.1) is 0 Å². The molecule has 1 amide bonds. The molecule has 2 rings (SSSR count). The van der Waals surface area contributed by atoms with Crippen molar-refractivity contribution in [3.8, 4) is 0 Å². The van der Waals surface area contributed by atoms with Gasteiger partial charge in [-0.25, -0.2) is 0 Å². The van der Waals surface area contributed by atoms with E-state index in [9.17, 15) is 4.79 Å². The van der Waals surface area contributed by atoms with Gasteiger partial charge in [-0.3, -0.25) is 9.78 Å². The van der Waals surface area contributed by atoms with Crippen molar-refractivity contribution in [3.05, 3.63) is 36.2 Å². The van der Waals surface area contributed by atoms with Crippen molar-refractivity contribution in [1.29, 1.82) is 0 Å². The molecule has 0 saturated heterocycles. The number of nitrogens with one attached hydrogen (secondary N) is 2. The summed E-state index contributed by atoms with van der Waals surface area (Å²) in [5.41, 5.74) is 1.41. The van der Waals surface area contributed by atoms with Crippen molar-refractivity contribution in [1.82, 2.24) is 10.3 Å². The monoisotopic (exact) mass is 231 g/mol. The molecule has 1 aliphatic rings. The van der Waals surface area contributed by atoms with E-state index in [1.54, 1.807) is 12.3 Å². The lowest BCUT2D eigenvalue weighted by Crippen LogP contribution is -2.24. The van der Waals surface area contributed by atoms with Crippen molar-refractivity contribution in [2.45, 2.75) is 25.8 Å². The first-order valence-electron chi connectivity index (χ1n) is 5.95. The second-order valence-corrected chi connectivity index (χ2v) is 4.07. The molecule has 0 spiro atoms. The molecule has 4 nitrogen and oxygen atoms in total. The number of amides is 1. The lowest BCUT2D eigenvalue weighted by molar-refractivity contribution is 0.0951. The van der Waals surface area contributed by atoms with Crippen LogP contribution in [0.5, 0.6) is 0 Å². The van der Waals surface area contributed by atoms with Crippen LogP contribution in [-0.2, 0) is 0 Å². The molecule has 90 valence electrons. The van der Waals surface area contributed by atoms with E-state index in [0.717, 1.165) is 18.5 Å². The maximum Gasteiger partial charge on any atom is 0.269 e. The molecule has 1 aromatic heterocycles. The van der Waals surface area contributed by atoms with Gasteiger partial charge in [0.2, 0.25) is 0 Å². The molecule has 1 aromatic rings. The van der Waals surface area contributed by atoms with E-state index in [-0.39, 0.29) is 5.91 Å². The molecule has 0 radical (unpaired) electrons. The van der Waals surface area contributed by atoms with Crippen molar-refractivity contribution >= 4 is 11.6 Å². The zero-order valence-corrected chi connectivity index (χ0v) is 9.94. The normalized spacial score (nSPS) is 14.9. The van der Waals surface area contributed by atoms with Crippen LogP contribution < -0.4 is 10.6 Å². The third kappa shape index (κ3) is 3.06. The summed E-state index contributed by atoms with van der Waals surface area (Å²) in [5.74, 6) is -0.124. The maximum atomic E-state index is 11.6. The highest BCUT2D eigenvalue weighted by Gasteiger charge is 2.11. The first-order valence-corrected chi connectivity index (χ1v) is 5.95. The number of nitrogens with zero attached hydrogens (tertiary/aromatic N) is 1. The van der Waals surface area contributed by atoms with Crippen LogP contribution in [-0.4, -0.2) is 23.5 Å². The summed E-state index contributed by atoms with van der Waals surface area (Å²) in [4.78, 5) is 15.7. The van der Waals surface area contributed by atoms with Crippen molar-refractivity contribution in [2.75, 3.05) is 11.9 Å². The molecule has 0 saturated carbocycles. The number of carbonyl (C=O) groups excluding carboxylic acids is 1. The fourth-order valence-corrected chi connectivity index (χ4v) is 1.87. The molecule has 1 heterocycles. The Kier molecular flexibility index (Phi) is 3.75. The highest BCUT2D eigenvalue weighted by atomic mass is 16.1. The molecule has 0 atom stereocenters. The Morgan fingerprint density at radius 2 is 2.24 bits per heavy atom. The molecule has 4 heteroatoms. The second-order valence-electron chi connectivity index (χ2n) is 4.07. The SMILES string of the molecule is CCNC(=O)c1cc(NC2CC=CC2)ccn1. The fourth-order valence-electron chi connectivity index (χ4n) is 1.87. The smallest absolute Gasteiger partial charge is 0.269 e. The highest BCUT2D eigenvalue weighted by Crippen LogP contribution is 2.17. The topological polar surface area (TPSA) is 54.0 Å². The van der Waals surface area contributed by atoms with E-state index in [1.165, 1.54) is 0 Å². The predicted octanol–water partition coefficient (Wildman–Crippen LogP) is 1.96. The van der Waals surface area contributed by atoms with Gasteiger partial charge < -0.3 is 10.6 Å². The van der Waals surface area contributed by atoms with E-state index in [1.807, 2.05) is 13.0 Å². The van der Waals surface area contributed by atoms with Gasteiger partial charge in [0.15, 0.2) is 0 Å². The minimum Gasteiger partial charge on any atom is -0.382 e. The van der Waals surface area contributed by atoms with E-state index in [2.05, 4.69) is 27.8 Å². The minimum absolute atomic E-state index is 0.124. The van der Waals surface area contributed by atoms with Gasteiger partial charge in [0.1, 0.15) is 5.69 Å². The van der Waals surface area contributed by atoms with Crippen LogP contribution in [0.3, 0.4) is 0 Å². The molecule has 0 bridgehead atoms. The summed E-state index contributed by atoms with van der Waals surface area (Å²) in [6, 6.07) is 4.13. The zero-order chi connectivity index (χ0) is 12.1.